The molecule has 0 radical (unpaired) electrons. The van der Waals surface area contributed by atoms with Crippen molar-refractivity contribution < 1.29 is 14.8 Å². The number of phenols is 2. The van der Waals surface area contributed by atoms with Gasteiger partial charge in [0.05, 0.1) is 0 Å². The smallest absolute Gasteiger partial charge is 0.212 e. The third-order valence-corrected chi connectivity index (χ3v) is 3.57. The third-order valence-electron chi connectivity index (χ3n) is 3.57. The first-order valence-electron chi connectivity index (χ1n) is 6.73. The Balaban J connectivity index is 1.99. The van der Waals surface area contributed by atoms with Crippen LogP contribution in [-0.4, -0.2) is 10.2 Å². The van der Waals surface area contributed by atoms with Crippen LogP contribution >= 0.6 is 0 Å². The van der Waals surface area contributed by atoms with Crippen LogP contribution in [0.5, 0.6) is 11.5 Å². The summed E-state index contributed by atoms with van der Waals surface area (Å²) in [5.74, 6) is -0.219. The van der Waals surface area contributed by atoms with Gasteiger partial charge in [0.25, 0.3) is 0 Å². The maximum absolute atomic E-state index is 9.50. The van der Waals surface area contributed by atoms with Crippen LogP contribution in [0.3, 0.4) is 0 Å². The molecule has 3 rings (SSSR count). The van der Waals surface area contributed by atoms with Crippen molar-refractivity contribution in [2.45, 2.75) is 0 Å². The lowest BCUT2D eigenvalue weighted by Crippen LogP contribution is -2.32. The Bertz CT molecular complexity index is 838. The molecule has 3 nitrogen and oxygen atoms in total. The Morgan fingerprint density at radius 3 is 2.48 bits per heavy atom. The molecule has 2 aromatic carbocycles. The summed E-state index contributed by atoms with van der Waals surface area (Å²) < 4.78 is 2.12. The van der Waals surface area contributed by atoms with E-state index in [1.165, 1.54) is 17.5 Å². The normalized spacial score (nSPS) is 11.3. The number of hydrogen-bond acceptors (Lipinski definition) is 2. The number of fused-ring (bicyclic) bond motifs is 1. The van der Waals surface area contributed by atoms with Crippen molar-refractivity contribution in [2.24, 2.45) is 7.05 Å². The molecule has 0 amide bonds. The van der Waals surface area contributed by atoms with Gasteiger partial charge in [0.15, 0.2) is 11.5 Å². The quantitative estimate of drug-likeness (QED) is 0.558. The molecule has 1 aromatic heterocycles. The minimum absolute atomic E-state index is 0.108. The second-order valence-corrected chi connectivity index (χ2v) is 4.96. The zero-order chi connectivity index (χ0) is 14.8. The second-order valence-electron chi connectivity index (χ2n) is 4.96. The highest BCUT2D eigenvalue weighted by Crippen LogP contribution is 2.25. The number of aromatic hydroxyl groups is 2. The predicted octanol–water partition coefficient (Wildman–Crippen LogP) is 3.25. The van der Waals surface area contributed by atoms with E-state index < -0.39 is 0 Å². The van der Waals surface area contributed by atoms with E-state index in [0.29, 0.717) is 0 Å². The SMILES string of the molecule is C[n+]1c(/C=C/c2ccc(O)c(O)c2)ccc2ccccc21. The summed E-state index contributed by atoms with van der Waals surface area (Å²) >= 11 is 0. The van der Waals surface area contributed by atoms with Gasteiger partial charge >= 0.3 is 0 Å². The molecule has 21 heavy (non-hydrogen) atoms. The van der Waals surface area contributed by atoms with Gasteiger partial charge in [0.1, 0.15) is 7.05 Å². The monoisotopic (exact) mass is 278 g/mol. The minimum atomic E-state index is -0.111. The van der Waals surface area contributed by atoms with Crippen LogP contribution < -0.4 is 4.57 Å². The first kappa shape index (κ1) is 13.2. The van der Waals surface area contributed by atoms with Crippen LogP contribution in [0.25, 0.3) is 23.1 Å². The summed E-state index contributed by atoms with van der Waals surface area (Å²) in [6, 6.07) is 17.1. The lowest BCUT2D eigenvalue weighted by atomic mass is 10.1. The van der Waals surface area contributed by atoms with Crippen molar-refractivity contribution >= 4 is 23.1 Å². The van der Waals surface area contributed by atoms with Crippen molar-refractivity contribution in [3.63, 3.8) is 0 Å². The van der Waals surface area contributed by atoms with Crippen LogP contribution in [-0.2, 0) is 7.05 Å². The number of rotatable bonds is 2. The zero-order valence-corrected chi connectivity index (χ0v) is 11.7. The van der Waals surface area contributed by atoms with E-state index in [9.17, 15) is 10.2 Å². The Hall–Kier alpha value is -2.81. The van der Waals surface area contributed by atoms with E-state index in [1.807, 2.05) is 31.3 Å². The van der Waals surface area contributed by atoms with E-state index >= 15 is 0 Å². The van der Waals surface area contributed by atoms with Gasteiger partial charge in [-0.2, -0.15) is 4.57 Å². The second kappa shape index (κ2) is 5.29. The van der Waals surface area contributed by atoms with Gasteiger partial charge in [-0.1, -0.05) is 18.2 Å². The molecule has 0 aliphatic carbocycles. The average Bonchev–Trinajstić information content (AvgIpc) is 2.50. The first-order chi connectivity index (χ1) is 10.1. The highest BCUT2D eigenvalue weighted by molar-refractivity contribution is 5.77. The van der Waals surface area contributed by atoms with Gasteiger partial charge in [-0.15, -0.1) is 0 Å². The fourth-order valence-corrected chi connectivity index (χ4v) is 2.35. The fraction of sp³-hybridized carbons (Fsp3) is 0.0556. The predicted molar refractivity (Wildman–Crippen MR) is 83.8 cm³/mol. The molecule has 104 valence electrons. The molecule has 0 saturated carbocycles. The number of pyridine rings is 1. The van der Waals surface area contributed by atoms with E-state index in [-0.39, 0.29) is 11.5 Å². The van der Waals surface area contributed by atoms with Gasteiger partial charge in [0.2, 0.25) is 11.2 Å². The number of aromatic nitrogens is 1. The van der Waals surface area contributed by atoms with E-state index in [2.05, 4.69) is 28.8 Å². The largest absolute Gasteiger partial charge is 0.504 e. The standard InChI is InChI=1S/C18H15NO2/c1-19-15(10-8-14-4-2-3-5-16(14)19)9-6-13-7-11-17(20)18(21)12-13/h2-12,21H,1H3/p+1. The molecule has 0 atom stereocenters. The number of phenolic OH excluding ortho intramolecular Hbond substituents is 2. The number of aryl methyl sites for hydroxylation is 1. The van der Waals surface area contributed by atoms with Crippen LogP contribution in [0.4, 0.5) is 0 Å². The molecule has 0 spiro atoms. The highest BCUT2D eigenvalue weighted by Gasteiger charge is 2.08. The lowest BCUT2D eigenvalue weighted by molar-refractivity contribution is -0.646. The molecule has 0 bridgehead atoms. The molecule has 0 aliphatic heterocycles. The van der Waals surface area contributed by atoms with Gasteiger partial charge in [-0.3, -0.25) is 0 Å². The van der Waals surface area contributed by atoms with Crippen LogP contribution in [0.1, 0.15) is 11.3 Å². The van der Waals surface area contributed by atoms with Crippen molar-refractivity contribution in [1.29, 1.82) is 0 Å². The van der Waals surface area contributed by atoms with Crippen molar-refractivity contribution in [1.82, 2.24) is 0 Å². The molecular weight excluding hydrogens is 262 g/mol. The van der Waals surface area contributed by atoms with Crippen LogP contribution in [0, 0.1) is 0 Å². The number of para-hydroxylation sites is 1. The highest BCUT2D eigenvalue weighted by atomic mass is 16.3. The number of nitrogens with zero attached hydrogens (tertiary/aromatic N) is 1. The summed E-state index contributed by atoms with van der Waals surface area (Å²) in [5.41, 5.74) is 3.05. The van der Waals surface area contributed by atoms with Gasteiger partial charge in [-0.25, -0.2) is 0 Å². The maximum atomic E-state index is 9.50. The zero-order valence-electron chi connectivity index (χ0n) is 11.7. The molecule has 0 fully saturated rings. The number of benzene rings is 2. The Labute approximate surface area is 123 Å². The number of hydrogen-bond donors (Lipinski definition) is 2. The molecular formula is C18H16NO2+. The molecule has 0 saturated heterocycles. The van der Waals surface area contributed by atoms with Gasteiger partial charge in [0, 0.05) is 23.6 Å². The summed E-state index contributed by atoms with van der Waals surface area (Å²) in [5, 5.41) is 20.0. The Morgan fingerprint density at radius 1 is 0.857 bits per heavy atom. The maximum Gasteiger partial charge on any atom is 0.212 e. The fourth-order valence-electron chi connectivity index (χ4n) is 2.35. The summed E-state index contributed by atoms with van der Waals surface area (Å²) in [6.45, 7) is 0. The molecule has 1 heterocycles. The third kappa shape index (κ3) is 2.58. The van der Waals surface area contributed by atoms with Crippen molar-refractivity contribution in [3.8, 4) is 11.5 Å². The Kier molecular flexibility index (Phi) is 3.32. The lowest BCUT2D eigenvalue weighted by Gasteiger charge is -2.00. The topological polar surface area (TPSA) is 44.3 Å². The molecule has 3 heteroatoms. The molecule has 0 unspecified atom stereocenters. The molecule has 3 aromatic rings. The van der Waals surface area contributed by atoms with E-state index in [0.717, 1.165) is 16.8 Å². The summed E-state index contributed by atoms with van der Waals surface area (Å²) in [4.78, 5) is 0. The van der Waals surface area contributed by atoms with Gasteiger partial charge in [-0.05, 0) is 35.9 Å². The molecule has 2 N–H and O–H groups in total. The first-order valence-corrected chi connectivity index (χ1v) is 6.73. The average molecular weight is 278 g/mol. The molecule has 0 aliphatic rings. The van der Waals surface area contributed by atoms with Crippen LogP contribution in [0.2, 0.25) is 0 Å². The van der Waals surface area contributed by atoms with E-state index in [1.54, 1.807) is 6.07 Å². The minimum Gasteiger partial charge on any atom is -0.504 e. The van der Waals surface area contributed by atoms with E-state index in [4.69, 9.17) is 0 Å². The summed E-state index contributed by atoms with van der Waals surface area (Å²) in [7, 11) is 2.02. The van der Waals surface area contributed by atoms with Gasteiger partial charge < -0.3 is 10.2 Å². The summed E-state index contributed by atoms with van der Waals surface area (Å²) in [6.07, 6.45) is 3.89. The van der Waals surface area contributed by atoms with Crippen LogP contribution in [0.15, 0.2) is 54.6 Å². The van der Waals surface area contributed by atoms with Crippen molar-refractivity contribution in [2.75, 3.05) is 0 Å². The Morgan fingerprint density at radius 2 is 1.67 bits per heavy atom. The van der Waals surface area contributed by atoms with Crippen molar-refractivity contribution in [3.05, 3.63) is 65.9 Å².